The molecule has 0 saturated carbocycles. The Morgan fingerprint density at radius 3 is 2.43 bits per heavy atom. The van der Waals surface area contributed by atoms with Crippen LogP contribution < -0.4 is 15.4 Å². The molecule has 0 fully saturated rings. The van der Waals surface area contributed by atoms with Gasteiger partial charge in [0.05, 0.1) is 4.90 Å². The molecule has 1 aromatic heterocycles. The number of primary sulfonamides is 1. The summed E-state index contributed by atoms with van der Waals surface area (Å²) in [5.41, 5.74) is 1.28. The maximum atomic E-state index is 12.1. The zero-order valence-electron chi connectivity index (χ0n) is 12.9. The number of pyridine rings is 1. The Balaban J connectivity index is 2.03. The molecule has 0 bridgehead atoms. The Kier molecular flexibility index (Phi) is 4.97. The van der Waals surface area contributed by atoms with Crippen molar-refractivity contribution in [1.82, 2.24) is 10.3 Å². The molecule has 0 aliphatic carbocycles. The van der Waals surface area contributed by atoms with Crippen LogP contribution in [0.5, 0.6) is 0 Å². The average molecular weight is 334 g/mol. The van der Waals surface area contributed by atoms with Gasteiger partial charge in [-0.3, -0.25) is 4.79 Å². The van der Waals surface area contributed by atoms with E-state index in [0.29, 0.717) is 11.4 Å². The van der Waals surface area contributed by atoms with Gasteiger partial charge in [0.2, 0.25) is 10.0 Å². The summed E-state index contributed by atoms with van der Waals surface area (Å²) in [5, 5.41) is 7.81. The second kappa shape index (κ2) is 6.76. The summed E-state index contributed by atoms with van der Waals surface area (Å²) in [6, 6.07) is 9.36. The van der Waals surface area contributed by atoms with Crippen LogP contribution in [0.1, 0.15) is 15.9 Å². The first-order valence-corrected chi connectivity index (χ1v) is 8.35. The SMILES string of the molecule is CN(C)c1cc(C(=O)NCc2ccc(S(N)(=O)=O)cc2)ccn1. The van der Waals surface area contributed by atoms with Gasteiger partial charge in [-0.25, -0.2) is 18.5 Å². The fraction of sp³-hybridized carbons (Fsp3) is 0.200. The first kappa shape index (κ1) is 16.9. The van der Waals surface area contributed by atoms with E-state index in [9.17, 15) is 13.2 Å². The molecular formula is C15H18N4O3S. The molecule has 1 aromatic carbocycles. The Morgan fingerprint density at radius 1 is 1.22 bits per heavy atom. The summed E-state index contributed by atoms with van der Waals surface area (Å²) in [5.74, 6) is 0.459. The van der Waals surface area contributed by atoms with Gasteiger partial charge in [-0.15, -0.1) is 0 Å². The Bertz CT molecular complexity index is 802. The van der Waals surface area contributed by atoms with Gasteiger partial charge in [-0.2, -0.15) is 0 Å². The number of nitrogens with one attached hydrogen (secondary N) is 1. The lowest BCUT2D eigenvalue weighted by atomic mass is 10.2. The summed E-state index contributed by atoms with van der Waals surface area (Å²) in [6.07, 6.45) is 1.57. The number of anilines is 1. The van der Waals surface area contributed by atoms with Gasteiger partial charge < -0.3 is 10.2 Å². The molecule has 7 nitrogen and oxygen atoms in total. The number of nitrogens with zero attached hydrogens (tertiary/aromatic N) is 2. The van der Waals surface area contributed by atoms with E-state index in [-0.39, 0.29) is 17.3 Å². The number of nitrogens with two attached hydrogens (primary N) is 1. The fourth-order valence-electron chi connectivity index (χ4n) is 1.89. The first-order valence-electron chi connectivity index (χ1n) is 6.80. The summed E-state index contributed by atoms with van der Waals surface area (Å²) < 4.78 is 22.4. The highest BCUT2D eigenvalue weighted by molar-refractivity contribution is 7.89. The number of rotatable bonds is 5. The van der Waals surface area contributed by atoms with Gasteiger partial charge in [-0.1, -0.05) is 12.1 Å². The smallest absolute Gasteiger partial charge is 0.251 e. The first-order chi connectivity index (χ1) is 10.8. The Labute approximate surface area is 135 Å². The molecule has 23 heavy (non-hydrogen) atoms. The van der Waals surface area contributed by atoms with Crippen LogP contribution in [0.2, 0.25) is 0 Å². The third kappa shape index (κ3) is 4.51. The monoisotopic (exact) mass is 334 g/mol. The molecule has 0 radical (unpaired) electrons. The molecule has 8 heteroatoms. The molecule has 0 aliphatic rings. The van der Waals surface area contributed by atoms with Gasteiger partial charge in [0.25, 0.3) is 5.91 Å². The second-order valence-electron chi connectivity index (χ2n) is 5.17. The summed E-state index contributed by atoms with van der Waals surface area (Å²) >= 11 is 0. The molecule has 1 heterocycles. The minimum atomic E-state index is -3.71. The lowest BCUT2D eigenvalue weighted by Gasteiger charge is -2.12. The fourth-order valence-corrected chi connectivity index (χ4v) is 2.40. The Morgan fingerprint density at radius 2 is 1.87 bits per heavy atom. The van der Waals surface area contributed by atoms with E-state index < -0.39 is 10.0 Å². The van der Waals surface area contributed by atoms with Crippen LogP contribution in [0.15, 0.2) is 47.5 Å². The van der Waals surface area contributed by atoms with Crippen LogP contribution in [0.3, 0.4) is 0 Å². The van der Waals surface area contributed by atoms with E-state index in [0.717, 1.165) is 5.56 Å². The molecule has 3 N–H and O–H groups in total. The van der Waals surface area contributed by atoms with Gasteiger partial charge in [-0.05, 0) is 29.8 Å². The van der Waals surface area contributed by atoms with Crippen molar-refractivity contribution >= 4 is 21.7 Å². The van der Waals surface area contributed by atoms with E-state index >= 15 is 0 Å². The van der Waals surface area contributed by atoms with Gasteiger partial charge in [0.1, 0.15) is 5.82 Å². The van der Waals surface area contributed by atoms with Crippen LogP contribution in [0.4, 0.5) is 5.82 Å². The van der Waals surface area contributed by atoms with Gasteiger partial charge in [0, 0.05) is 32.4 Å². The summed E-state index contributed by atoms with van der Waals surface area (Å²) in [4.78, 5) is 18.1. The molecule has 2 aromatic rings. The number of benzene rings is 1. The van der Waals surface area contributed by atoms with Crippen LogP contribution in [0.25, 0.3) is 0 Å². The number of amides is 1. The van der Waals surface area contributed by atoms with E-state index in [1.165, 1.54) is 12.1 Å². The number of carbonyl (C=O) groups is 1. The summed E-state index contributed by atoms with van der Waals surface area (Å²) in [7, 11) is -0.0171. The standard InChI is InChI=1S/C15H18N4O3S/c1-19(2)14-9-12(7-8-17-14)15(20)18-10-11-3-5-13(6-4-11)23(16,21)22/h3-9H,10H2,1-2H3,(H,18,20)(H2,16,21,22). The molecule has 0 atom stereocenters. The van der Waals surface area contributed by atoms with Crippen LogP contribution in [-0.2, 0) is 16.6 Å². The van der Waals surface area contributed by atoms with Crippen molar-refractivity contribution in [3.05, 3.63) is 53.7 Å². The quantitative estimate of drug-likeness (QED) is 0.838. The van der Waals surface area contributed by atoms with E-state index in [4.69, 9.17) is 5.14 Å². The van der Waals surface area contributed by atoms with Crippen LogP contribution in [-0.4, -0.2) is 33.4 Å². The number of sulfonamides is 1. The zero-order chi connectivity index (χ0) is 17.0. The lowest BCUT2D eigenvalue weighted by Crippen LogP contribution is -2.23. The molecule has 1 amide bonds. The maximum absolute atomic E-state index is 12.1. The van der Waals surface area contributed by atoms with Crippen molar-refractivity contribution in [2.24, 2.45) is 5.14 Å². The molecular weight excluding hydrogens is 316 g/mol. The number of carbonyl (C=O) groups excluding carboxylic acids is 1. The Hall–Kier alpha value is -2.45. The number of hydrogen-bond donors (Lipinski definition) is 2. The van der Waals surface area contributed by atoms with E-state index in [1.54, 1.807) is 30.5 Å². The highest BCUT2D eigenvalue weighted by atomic mass is 32.2. The van der Waals surface area contributed by atoms with Crippen molar-refractivity contribution in [3.8, 4) is 0 Å². The normalized spacial score (nSPS) is 11.1. The topological polar surface area (TPSA) is 105 Å². The van der Waals surface area contributed by atoms with Gasteiger partial charge >= 0.3 is 0 Å². The van der Waals surface area contributed by atoms with Crippen molar-refractivity contribution < 1.29 is 13.2 Å². The molecule has 0 saturated heterocycles. The van der Waals surface area contributed by atoms with Crippen molar-refractivity contribution in [3.63, 3.8) is 0 Å². The van der Waals surface area contributed by atoms with E-state index in [2.05, 4.69) is 10.3 Å². The van der Waals surface area contributed by atoms with Crippen molar-refractivity contribution in [2.45, 2.75) is 11.4 Å². The highest BCUT2D eigenvalue weighted by Gasteiger charge is 2.09. The number of hydrogen-bond acceptors (Lipinski definition) is 5. The molecule has 122 valence electrons. The van der Waals surface area contributed by atoms with E-state index in [1.807, 2.05) is 19.0 Å². The van der Waals surface area contributed by atoms with Crippen LogP contribution in [0, 0.1) is 0 Å². The average Bonchev–Trinajstić information content (AvgIpc) is 2.52. The molecule has 0 aliphatic heterocycles. The zero-order valence-corrected chi connectivity index (χ0v) is 13.7. The lowest BCUT2D eigenvalue weighted by molar-refractivity contribution is 0.0951. The second-order valence-corrected chi connectivity index (χ2v) is 6.73. The summed E-state index contributed by atoms with van der Waals surface area (Å²) in [6.45, 7) is 0.281. The third-order valence-corrected chi connectivity index (χ3v) is 4.10. The minimum absolute atomic E-state index is 0.0392. The van der Waals surface area contributed by atoms with Crippen LogP contribution >= 0.6 is 0 Å². The van der Waals surface area contributed by atoms with Gasteiger partial charge in [0.15, 0.2) is 0 Å². The largest absolute Gasteiger partial charge is 0.363 e. The van der Waals surface area contributed by atoms with Crippen molar-refractivity contribution in [2.75, 3.05) is 19.0 Å². The predicted octanol–water partition coefficient (Wildman–Crippen LogP) is 0.725. The predicted molar refractivity (Wildman–Crippen MR) is 87.5 cm³/mol. The maximum Gasteiger partial charge on any atom is 0.251 e. The molecule has 2 rings (SSSR count). The molecule has 0 spiro atoms. The third-order valence-electron chi connectivity index (χ3n) is 3.17. The van der Waals surface area contributed by atoms with Crippen molar-refractivity contribution in [1.29, 1.82) is 0 Å². The number of aromatic nitrogens is 1. The minimum Gasteiger partial charge on any atom is -0.363 e. The molecule has 0 unspecified atom stereocenters. The highest BCUT2D eigenvalue weighted by Crippen LogP contribution is 2.11.